The molecule has 1 rings (SSSR count). The lowest BCUT2D eigenvalue weighted by Gasteiger charge is -2.43. The number of hydrogen-bond donors (Lipinski definition) is 1. The zero-order valence-corrected chi connectivity index (χ0v) is 10.5. The van der Waals surface area contributed by atoms with Gasteiger partial charge < -0.3 is 9.84 Å². The molecule has 2 unspecified atom stereocenters. The highest BCUT2D eigenvalue weighted by Gasteiger charge is 2.44. The first kappa shape index (κ1) is 13.5. The molecule has 1 aliphatic rings. The minimum Gasteiger partial charge on any atom is -0.480 e. The first-order valence-electron chi connectivity index (χ1n) is 5.96. The molecule has 0 amide bonds. The summed E-state index contributed by atoms with van der Waals surface area (Å²) in [5, 5.41) is 9.49. The Bertz CT molecular complexity index is 244. The fourth-order valence-corrected chi connectivity index (χ4v) is 2.67. The molecular weight excluding hydrogens is 206 g/mol. The summed E-state index contributed by atoms with van der Waals surface area (Å²) in [6.07, 6.45) is 3.66. The first-order chi connectivity index (χ1) is 7.53. The van der Waals surface area contributed by atoms with Crippen molar-refractivity contribution in [3.63, 3.8) is 0 Å². The summed E-state index contributed by atoms with van der Waals surface area (Å²) < 4.78 is 5.02. The van der Waals surface area contributed by atoms with Gasteiger partial charge in [-0.1, -0.05) is 19.8 Å². The quantitative estimate of drug-likeness (QED) is 0.778. The molecule has 4 nitrogen and oxygen atoms in total. The molecule has 94 valence electrons. The van der Waals surface area contributed by atoms with Crippen LogP contribution in [0.25, 0.3) is 0 Å². The van der Waals surface area contributed by atoms with E-state index in [2.05, 4.69) is 6.92 Å². The largest absolute Gasteiger partial charge is 0.480 e. The third kappa shape index (κ3) is 2.74. The van der Waals surface area contributed by atoms with Crippen molar-refractivity contribution in [2.24, 2.45) is 5.92 Å². The number of ether oxygens (including phenoxy) is 1. The predicted molar refractivity (Wildman–Crippen MR) is 62.5 cm³/mol. The van der Waals surface area contributed by atoms with E-state index in [1.807, 2.05) is 11.9 Å². The SMILES string of the molecule is COCCN(C)C1(C(=O)O)CCCC(C)C1. The maximum Gasteiger partial charge on any atom is 0.324 e. The molecule has 4 heteroatoms. The van der Waals surface area contributed by atoms with Gasteiger partial charge in [0.25, 0.3) is 0 Å². The Kier molecular flexibility index (Phi) is 4.74. The number of carboxylic acids is 1. The molecule has 2 atom stereocenters. The smallest absolute Gasteiger partial charge is 0.324 e. The minimum absolute atomic E-state index is 0.495. The van der Waals surface area contributed by atoms with Gasteiger partial charge in [0.1, 0.15) is 5.54 Å². The van der Waals surface area contributed by atoms with Crippen molar-refractivity contribution in [1.29, 1.82) is 0 Å². The van der Waals surface area contributed by atoms with Crippen molar-refractivity contribution in [2.75, 3.05) is 27.3 Å². The van der Waals surface area contributed by atoms with Crippen LogP contribution in [0, 0.1) is 5.92 Å². The summed E-state index contributed by atoms with van der Waals surface area (Å²) in [5.74, 6) is -0.188. The second kappa shape index (κ2) is 5.64. The van der Waals surface area contributed by atoms with E-state index in [1.165, 1.54) is 0 Å². The minimum atomic E-state index is -0.683. The van der Waals surface area contributed by atoms with Crippen LogP contribution in [-0.2, 0) is 9.53 Å². The Morgan fingerprint density at radius 3 is 2.81 bits per heavy atom. The molecule has 0 heterocycles. The van der Waals surface area contributed by atoms with E-state index in [1.54, 1.807) is 7.11 Å². The lowest BCUT2D eigenvalue weighted by atomic mass is 9.75. The van der Waals surface area contributed by atoms with Crippen molar-refractivity contribution in [1.82, 2.24) is 4.90 Å². The van der Waals surface area contributed by atoms with Crippen molar-refractivity contribution >= 4 is 5.97 Å². The van der Waals surface area contributed by atoms with Crippen LogP contribution in [0.4, 0.5) is 0 Å². The fourth-order valence-electron chi connectivity index (χ4n) is 2.67. The van der Waals surface area contributed by atoms with Gasteiger partial charge in [-0.15, -0.1) is 0 Å². The van der Waals surface area contributed by atoms with Gasteiger partial charge in [0.2, 0.25) is 0 Å². The number of aliphatic carboxylic acids is 1. The van der Waals surface area contributed by atoms with Crippen LogP contribution in [0.3, 0.4) is 0 Å². The highest BCUT2D eigenvalue weighted by atomic mass is 16.5. The monoisotopic (exact) mass is 229 g/mol. The van der Waals surface area contributed by atoms with E-state index in [0.29, 0.717) is 19.1 Å². The molecule has 0 spiro atoms. The van der Waals surface area contributed by atoms with Crippen LogP contribution in [0.2, 0.25) is 0 Å². The number of carbonyl (C=O) groups is 1. The van der Waals surface area contributed by atoms with Gasteiger partial charge in [-0.05, 0) is 25.8 Å². The molecular formula is C12H23NO3. The highest BCUT2D eigenvalue weighted by molar-refractivity contribution is 5.79. The van der Waals surface area contributed by atoms with Crippen LogP contribution >= 0.6 is 0 Å². The van der Waals surface area contributed by atoms with Gasteiger partial charge in [-0.25, -0.2) is 0 Å². The summed E-state index contributed by atoms with van der Waals surface area (Å²) >= 11 is 0. The summed E-state index contributed by atoms with van der Waals surface area (Å²) in [6, 6.07) is 0. The normalized spacial score (nSPS) is 30.6. The topological polar surface area (TPSA) is 49.8 Å². The van der Waals surface area contributed by atoms with E-state index in [4.69, 9.17) is 4.74 Å². The lowest BCUT2D eigenvalue weighted by molar-refractivity contribution is -0.154. The lowest BCUT2D eigenvalue weighted by Crippen LogP contribution is -2.56. The molecule has 0 aromatic heterocycles. The van der Waals surface area contributed by atoms with E-state index in [-0.39, 0.29) is 0 Å². The number of methoxy groups -OCH3 is 1. The van der Waals surface area contributed by atoms with Crippen LogP contribution in [-0.4, -0.2) is 48.8 Å². The second-order valence-corrected chi connectivity index (χ2v) is 4.95. The number of rotatable bonds is 5. The Morgan fingerprint density at radius 1 is 1.62 bits per heavy atom. The first-order valence-corrected chi connectivity index (χ1v) is 5.96. The van der Waals surface area contributed by atoms with Crippen LogP contribution in [0.5, 0.6) is 0 Å². The van der Waals surface area contributed by atoms with Gasteiger partial charge in [0.15, 0.2) is 0 Å². The fraction of sp³-hybridized carbons (Fsp3) is 0.917. The average Bonchev–Trinajstić information content (AvgIpc) is 2.25. The summed E-state index contributed by atoms with van der Waals surface area (Å²) in [5.41, 5.74) is -0.670. The Morgan fingerprint density at radius 2 is 2.31 bits per heavy atom. The molecule has 1 saturated carbocycles. The average molecular weight is 229 g/mol. The number of likely N-dealkylation sites (N-methyl/N-ethyl adjacent to an activating group) is 1. The Balaban J connectivity index is 2.74. The molecule has 1 aliphatic carbocycles. The highest BCUT2D eigenvalue weighted by Crippen LogP contribution is 2.36. The second-order valence-electron chi connectivity index (χ2n) is 4.95. The van der Waals surface area contributed by atoms with Crippen LogP contribution < -0.4 is 0 Å². The van der Waals surface area contributed by atoms with E-state index < -0.39 is 11.5 Å². The van der Waals surface area contributed by atoms with E-state index in [9.17, 15) is 9.90 Å². The standard InChI is InChI=1S/C12H23NO3/c1-10-5-4-6-12(9-10,11(14)15)13(2)7-8-16-3/h10H,4-9H2,1-3H3,(H,14,15). The molecule has 0 aromatic carbocycles. The molecule has 0 aromatic rings. The van der Waals surface area contributed by atoms with Gasteiger partial charge in [-0.3, -0.25) is 9.69 Å². The molecule has 0 radical (unpaired) electrons. The van der Waals surface area contributed by atoms with Gasteiger partial charge in [0, 0.05) is 13.7 Å². The maximum atomic E-state index is 11.5. The molecule has 1 fully saturated rings. The van der Waals surface area contributed by atoms with Crippen molar-refractivity contribution in [2.45, 2.75) is 38.1 Å². The number of nitrogens with zero attached hydrogens (tertiary/aromatic N) is 1. The van der Waals surface area contributed by atoms with Crippen LogP contribution in [0.15, 0.2) is 0 Å². The van der Waals surface area contributed by atoms with E-state index in [0.717, 1.165) is 25.7 Å². The van der Waals surface area contributed by atoms with E-state index >= 15 is 0 Å². The zero-order chi connectivity index (χ0) is 12.2. The third-order valence-electron chi connectivity index (χ3n) is 3.73. The molecule has 0 saturated heterocycles. The third-order valence-corrected chi connectivity index (χ3v) is 3.73. The molecule has 16 heavy (non-hydrogen) atoms. The Labute approximate surface area is 97.6 Å². The van der Waals surface area contributed by atoms with Gasteiger partial charge in [-0.2, -0.15) is 0 Å². The number of hydrogen-bond acceptors (Lipinski definition) is 3. The molecule has 1 N–H and O–H groups in total. The maximum absolute atomic E-state index is 11.5. The van der Waals surface area contributed by atoms with Crippen LogP contribution in [0.1, 0.15) is 32.6 Å². The predicted octanol–water partition coefficient (Wildman–Crippen LogP) is 1.60. The zero-order valence-electron chi connectivity index (χ0n) is 10.5. The summed E-state index contributed by atoms with van der Waals surface area (Å²) in [6.45, 7) is 3.40. The van der Waals surface area contributed by atoms with Gasteiger partial charge >= 0.3 is 5.97 Å². The van der Waals surface area contributed by atoms with Crippen molar-refractivity contribution in [3.05, 3.63) is 0 Å². The summed E-state index contributed by atoms with van der Waals surface area (Å²) in [7, 11) is 3.54. The summed E-state index contributed by atoms with van der Waals surface area (Å²) in [4.78, 5) is 13.5. The molecule has 0 bridgehead atoms. The van der Waals surface area contributed by atoms with Gasteiger partial charge in [0.05, 0.1) is 6.61 Å². The molecule has 0 aliphatic heterocycles. The number of carboxylic acid groups (broad SMARTS) is 1. The Hall–Kier alpha value is -0.610. The van der Waals surface area contributed by atoms with Crippen molar-refractivity contribution in [3.8, 4) is 0 Å². The van der Waals surface area contributed by atoms with Crippen molar-refractivity contribution < 1.29 is 14.6 Å².